The van der Waals surface area contributed by atoms with Gasteiger partial charge in [0.05, 0.1) is 12.2 Å². The van der Waals surface area contributed by atoms with Gasteiger partial charge in [-0.05, 0) is 73.7 Å². The molecule has 6 atom stereocenters. The number of fused-ring (bicyclic) bond motifs is 1. The van der Waals surface area contributed by atoms with E-state index in [-0.39, 0.29) is 0 Å². The molecular weight excluding hydrogens is 308 g/mol. The van der Waals surface area contributed by atoms with Gasteiger partial charge in [0.1, 0.15) is 0 Å². The molecule has 0 aromatic rings. The molecule has 3 aliphatic carbocycles. The summed E-state index contributed by atoms with van der Waals surface area (Å²) < 4.78 is 0. The summed E-state index contributed by atoms with van der Waals surface area (Å²) >= 11 is 0. The van der Waals surface area contributed by atoms with Gasteiger partial charge in [-0.2, -0.15) is 0 Å². The molecule has 0 radical (unpaired) electrons. The molecule has 0 aromatic carbocycles. The first-order chi connectivity index (χ1) is 11.9. The quantitative estimate of drug-likeness (QED) is 0.693. The lowest BCUT2D eigenvalue weighted by atomic mass is 9.61. The van der Waals surface area contributed by atoms with Gasteiger partial charge >= 0.3 is 0 Å². The van der Waals surface area contributed by atoms with Gasteiger partial charge in [-0.15, -0.1) is 0 Å². The number of rotatable bonds is 3. The molecule has 2 nitrogen and oxygen atoms in total. The van der Waals surface area contributed by atoms with Crippen LogP contribution in [0.4, 0.5) is 0 Å². The molecule has 0 spiro atoms. The van der Waals surface area contributed by atoms with Crippen molar-refractivity contribution >= 4 is 0 Å². The Morgan fingerprint density at radius 3 is 2.52 bits per heavy atom. The number of aliphatic hydroxyl groups excluding tert-OH is 2. The normalized spacial score (nSPS) is 41.7. The molecule has 3 saturated carbocycles. The fourth-order valence-corrected chi connectivity index (χ4v) is 5.92. The molecular formula is C23H36O2. The number of aliphatic hydroxyl groups is 2. The lowest BCUT2D eigenvalue weighted by Gasteiger charge is -2.44. The van der Waals surface area contributed by atoms with Crippen molar-refractivity contribution in [2.75, 3.05) is 0 Å². The van der Waals surface area contributed by atoms with Crippen molar-refractivity contribution in [3.63, 3.8) is 0 Å². The predicted octanol–water partition coefficient (Wildman–Crippen LogP) is 5.17. The molecule has 0 amide bonds. The Labute approximate surface area is 153 Å². The third-order valence-electron chi connectivity index (χ3n) is 7.67. The second-order valence-electron chi connectivity index (χ2n) is 9.06. The van der Waals surface area contributed by atoms with Gasteiger partial charge < -0.3 is 10.2 Å². The standard InChI is InChI=1S/C23H36O2/c1-5-15(2)19-10-11-20-18(7-6-12-23(19,20)4)9-8-17-13-21(24)16(3)22(25)14-17/h8-9,15,19-22,24-25H,3,5-7,10-14H2,1-2,4H3/t15-,19?,20-,21+,22+,23+/m0/s1. The van der Waals surface area contributed by atoms with Crippen LogP contribution in [0.2, 0.25) is 0 Å². The number of hydrogen-bond donors (Lipinski definition) is 2. The van der Waals surface area contributed by atoms with E-state index in [9.17, 15) is 10.2 Å². The minimum atomic E-state index is -0.591. The number of hydrogen-bond acceptors (Lipinski definition) is 2. The van der Waals surface area contributed by atoms with Gasteiger partial charge in [-0.3, -0.25) is 0 Å². The van der Waals surface area contributed by atoms with Crippen LogP contribution in [0, 0.1) is 23.2 Å². The van der Waals surface area contributed by atoms with Crippen molar-refractivity contribution in [2.45, 2.75) is 84.3 Å². The van der Waals surface area contributed by atoms with Crippen LogP contribution in [0.25, 0.3) is 0 Å². The average molecular weight is 345 g/mol. The highest BCUT2D eigenvalue weighted by Gasteiger charge is 2.50. The Hall–Kier alpha value is -0.860. The van der Waals surface area contributed by atoms with Crippen LogP contribution in [-0.4, -0.2) is 22.4 Å². The van der Waals surface area contributed by atoms with Crippen LogP contribution < -0.4 is 0 Å². The summed E-state index contributed by atoms with van der Waals surface area (Å²) in [6.07, 6.45) is 12.5. The molecule has 0 bridgehead atoms. The third-order valence-corrected chi connectivity index (χ3v) is 7.67. The van der Waals surface area contributed by atoms with E-state index in [0.717, 1.165) is 23.3 Å². The molecule has 0 saturated heterocycles. The van der Waals surface area contributed by atoms with Crippen LogP contribution >= 0.6 is 0 Å². The second-order valence-corrected chi connectivity index (χ2v) is 9.06. The van der Waals surface area contributed by atoms with Gasteiger partial charge in [-0.25, -0.2) is 0 Å². The molecule has 2 heteroatoms. The van der Waals surface area contributed by atoms with E-state index >= 15 is 0 Å². The van der Waals surface area contributed by atoms with Crippen molar-refractivity contribution in [3.8, 4) is 0 Å². The molecule has 3 fully saturated rings. The van der Waals surface area contributed by atoms with Gasteiger partial charge in [0.15, 0.2) is 0 Å². The van der Waals surface area contributed by atoms with Crippen LogP contribution in [0.5, 0.6) is 0 Å². The lowest BCUT2D eigenvalue weighted by molar-refractivity contribution is 0.0961. The maximum Gasteiger partial charge on any atom is 0.0809 e. The summed E-state index contributed by atoms with van der Waals surface area (Å²) in [5.41, 5.74) is 3.81. The Kier molecular flexibility index (Phi) is 5.60. The monoisotopic (exact) mass is 344 g/mol. The van der Waals surface area contributed by atoms with Gasteiger partial charge in [-0.1, -0.05) is 57.1 Å². The molecule has 3 aliphatic rings. The topological polar surface area (TPSA) is 40.5 Å². The summed E-state index contributed by atoms with van der Waals surface area (Å²) in [6.45, 7) is 11.1. The van der Waals surface area contributed by atoms with E-state index in [1.165, 1.54) is 38.5 Å². The zero-order valence-electron chi connectivity index (χ0n) is 16.3. The van der Waals surface area contributed by atoms with Crippen molar-refractivity contribution in [1.29, 1.82) is 0 Å². The predicted molar refractivity (Wildman–Crippen MR) is 104 cm³/mol. The minimum absolute atomic E-state index is 0.470. The van der Waals surface area contributed by atoms with E-state index < -0.39 is 12.2 Å². The summed E-state index contributed by atoms with van der Waals surface area (Å²) in [7, 11) is 0. The first kappa shape index (κ1) is 18.9. The average Bonchev–Trinajstić information content (AvgIpc) is 2.94. The summed E-state index contributed by atoms with van der Waals surface area (Å²) in [6, 6.07) is 0. The van der Waals surface area contributed by atoms with Crippen LogP contribution in [0.15, 0.2) is 35.5 Å². The van der Waals surface area contributed by atoms with Crippen LogP contribution in [0.3, 0.4) is 0 Å². The second kappa shape index (κ2) is 7.40. The van der Waals surface area contributed by atoms with Crippen molar-refractivity contribution in [3.05, 3.63) is 35.5 Å². The molecule has 1 unspecified atom stereocenters. The summed E-state index contributed by atoms with van der Waals surface area (Å²) in [4.78, 5) is 0. The van der Waals surface area contributed by atoms with E-state index in [4.69, 9.17) is 0 Å². The van der Waals surface area contributed by atoms with E-state index in [1.807, 2.05) is 0 Å². The zero-order valence-corrected chi connectivity index (χ0v) is 16.3. The van der Waals surface area contributed by atoms with Gasteiger partial charge in [0, 0.05) is 0 Å². The van der Waals surface area contributed by atoms with Crippen LogP contribution in [-0.2, 0) is 0 Å². The SMILES string of the molecule is C=C1[C@H](O)CC(=CC=C2CCC[C@]3(C)C([C@@H](C)CC)CC[C@@H]23)C[C@H]1O. The third kappa shape index (κ3) is 3.53. The molecule has 3 rings (SSSR count). The van der Waals surface area contributed by atoms with Crippen molar-refractivity contribution in [1.82, 2.24) is 0 Å². The molecule has 0 aliphatic heterocycles. The maximum atomic E-state index is 10.0. The summed E-state index contributed by atoms with van der Waals surface area (Å²) in [5, 5.41) is 20.1. The fourth-order valence-electron chi connectivity index (χ4n) is 5.92. The van der Waals surface area contributed by atoms with Crippen LogP contribution in [0.1, 0.15) is 72.1 Å². The van der Waals surface area contributed by atoms with E-state index in [1.54, 1.807) is 5.57 Å². The largest absolute Gasteiger partial charge is 0.388 e. The highest BCUT2D eigenvalue weighted by molar-refractivity contribution is 5.29. The Balaban J connectivity index is 1.78. The van der Waals surface area contributed by atoms with E-state index in [0.29, 0.717) is 23.8 Å². The molecule has 140 valence electrons. The van der Waals surface area contributed by atoms with Gasteiger partial charge in [0.2, 0.25) is 0 Å². The minimum Gasteiger partial charge on any atom is -0.388 e. The lowest BCUT2D eigenvalue weighted by Crippen LogP contribution is -2.35. The van der Waals surface area contributed by atoms with Crippen molar-refractivity contribution < 1.29 is 10.2 Å². The first-order valence-corrected chi connectivity index (χ1v) is 10.3. The summed E-state index contributed by atoms with van der Waals surface area (Å²) in [5.74, 6) is 2.41. The molecule has 0 heterocycles. The first-order valence-electron chi connectivity index (χ1n) is 10.3. The smallest absolute Gasteiger partial charge is 0.0809 e. The fraction of sp³-hybridized carbons (Fsp3) is 0.739. The molecule has 0 aromatic heterocycles. The Morgan fingerprint density at radius 2 is 1.88 bits per heavy atom. The Bertz CT molecular complexity index is 557. The van der Waals surface area contributed by atoms with Crippen molar-refractivity contribution in [2.24, 2.45) is 23.2 Å². The highest BCUT2D eigenvalue weighted by atomic mass is 16.3. The van der Waals surface area contributed by atoms with Gasteiger partial charge in [0.25, 0.3) is 0 Å². The highest BCUT2D eigenvalue weighted by Crippen LogP contribution is 2.59. The maximum absolute atomic E-state index is 10.0. The Morgan fingerprint density at radius 1 is 1.20 bits per heavy atom. The van der Waals surface area contributed by atoms with E-state index in [2.05, 4.69) is 39.5 Å². The number of allylic oxidation sites excluding steroid dienone is 3. The molecule has 25 heavy (non-hydrogen) atoms. The molecule has 2 N–H and O–H groups in total. The zero-order chi connectivity index (χ0) is 18.2.